The molecule has 3 atom stereocenters. The number of hydrogen-bond donors (Lipinski definition) is 2. The van der Waals surface area contributed by atoms with E-state index in [1.165, 1.54) is 12.8 Å². The topological polar surface area (TPSA) is 32.3 Å². The Morgan fingerprint density at radius 1 is 1.30 bits per heavy atom. The van der Waals surface area contributed by atoms with Crippen molar-refractivity contribution in [1.82, 2.24) is 5.32 Å². The van der Waals surface area contributed by atoms with Crippen molar-refractivity contribution in [3.05, 3.63) is 0 Å². The first kappa shape index (κ1) is 8.31. The molecular weight excluding hydrogens is 150 g/mol. The van der Waals surface area contributed by atoms with Gasteiger partial charge in [0.2, 0.25) is 0 Å². The highest BCUT2D eigenvalue weighted by atomic mass is 35.5. The van der Waals surface area contributed by atoms with Crippen molar-refractivity contribution in [2.24, 2.45) is 5.92 Å². The average Bonchev–Trinajstić information content (AvgIpc) is 1.90. The fourth-order valence-electron chi connectivity index (χ4n) is 1.95. The molecule has 0 spiro atoms. The van der Waals surface area contributed by atoms with Gasteiger partial charge in [-0.2, -0.15) is 0 Å². The van der Waals surface area contributed by atoms with E-state index in [0.717, 1.165) is 13.0 Å². The molecule has 0 aromatic carbocycles. The number of fused-ring (bicyclic) bond motifs is 3. The number of hydrogen-bond acceptors (Lipinski definition) is 2. The summed E-state index contributed by atoms with van der Waals surface area (Å²) < 4.78 is 0. The lowest BCUT2D eigenvalue weighted by Gasteiger charge is -2.40. The van der Waals surface area contributed by atoms with Gasteiger partial charge in [-0.05, 0) is 25.2 Å². The lowest BCUT2D eigenvalue weighted by Crippen LogP contribution is -2.51. The lowest BCUT2D eigenvalue weighted by atomic mass is 9.79. The minimum Gasteiger partial charge on any atom is -0.393 e. The van der Waals surface area contributed by atoms with Crippen molar-refractivity contribution in [1.29, 1.82) is 0 Å². The molecule has 10 heavy (non-hydrogen) atoms. The van der Waals surface area contributed by atoms with E-state index in [0.29, 0.717) is 12.0 Å². The zero-order valence-electron chi connectivity index (χ0n) is 5.92. The minimum absolute atomic E-state index is 0. The maximum atomic E-state index is 9.36. The van der Waals surface area contributed by atoms with Gasteiger partial charge in [0.1, 0.15) is 0 Å². The van der Waals surface area contributed by atoms with Crippen LogP contribution >= 0.6 is 12.4 Å². The summed E-state index contributed by atoms with van der Waals surface area (Å²) in [7, 11) is 0. The summed E-state index contributed by atoms with van der Waals surface area (Å²) >= 11 is 0. The predicted octanol–water partition coefficient (Wildman–Crippen LogP) is 0.541. The average molecular weight is 164 g/mol. The van der Waals surface area contributed by atoms with Crippen LogP contribution < -0.4 is 5.32 Å². The van der Waals surface area contributed by atoms with Gasteiger partial charge < -0.3 is 10.4 Å². The first-order valence-electron chi connectivity index (χ1n) is 3.78. The van der Waals surface area contributed by atoms with E-state index < -0.39 is 0 Å². The van der Waals surface area contributed by atoms with Crippen molar-refractivity contribution < 1.29 is 5.11 Å². The monoisotopic (exact) mass is 163 g/mol. The minimum atomic E-state index is 0. The van der Waals surface area contributed by atoms with Crippen LogP contribution in [0.5, 0.6) is 0 Å². The van der Waals surface area contributed by atoms with E-state index in [-0.39, 0.29) is 18.5 Å². The first-order valence-corrected chi connectivity index (χ1v) is 3.78. The number of piperidine rings is 2. The quantitative estimate of drug-likeness (QED) is 0.547. The van der Waals surface area contributed by atoms with Crippen LogP contribution in [0, 0.1) is 5.92 Å². The van der Waals surface area contributed by atoms with Crippen molar-refractivity contribution in [2.45, 2.75) is 31.4 Å². The first-order chi connectivity index (χ1) is 4.36. The molecule has 3 rings (SSSR count). The predicted molar refractivity (Wildman–Crippen MR) is 42.4 cm³/mol. The van der Waals surface area contributed by atoms with Crippen LogP contribution in [0.4, 0.5) is 0 Å². The molecule has 0 radical (unpaired) electrons. The third-order valence-corrected chi connectivity index (χ3v) is 2.62. The number of halogens is 1. The molecule has 1 unspecified atom stereocenters. The summed E-state index contributed by atoms with van der Waals surface area (Å²) in [5, 5.41) is 12.7. The van der Waals surface area contributed by atoms with E-state index in [2.05, 4.69) is 5.32 Å². The van der Waals surface area contributed by atoms with Crippen LogP contribution in [0.15, 0.2) is 0 Å². The molecule has 0 aromatic heterocycles. The van der Waals surface area contributed by atoms with Gasteiger partial charge in [-0.1, -0.05) is 0 Å². The molecule has 2 bridgehead atoms. The molecule has 2 aliphatic heterocycles. The zero-order valence-corrected chi connectivity index (χ0v) is 6.73. The highest BCUT2D eigenvalue weighted by Crippen LogP contribution is 2.28. The zero-order chi connectivity index (χ0) is 6.27. The molecule has 3 fully saturated rings. The second kappa shape index (κ2) is 3.07. The van der Waals surface area contributed by atoms with Gasteiger partial charge in [-0.15, -0.1) is 12.4 Å². The van der Waals surface area contributed by atoms with Gasteiger partial charge in [0, 0.05) is 12.6 Å². The third kappa shape index (κ3) is 1.29. The Morgan fingerprint density at radius 3 is 2.30 bits per heavy atom. The van der Waals surface area contributed by atoms with Crippen molar-refractivity contribution in [2.75, 3.05) is 6.54 Å². The number of aliphatic hydroxyl groups excluding tert-OH is 1. The highest BCUT2D eigenvalue weighted by molar-refractivity contribution is 5.85. The Labute approximate surface area is 67.4 Å². The molecule has 1 saturated carbocycles. The van der Waals surface area contributed by atoms with Crippen LogP contribution in [-0.2, 0) is 0 Å². The summed E-state index contributed by atoms with van der Waals surface area (Å²) in [5.74, 6) is 0.565. The van der Waals surface area contributed by atoms with E-state index in [4.69, 9.17) is 0 Å². The molecule has 2 heterocycles. The van der Waals surface area contributed by atoms with Crippen LogP contribution in [0.3, 0.4) is 0 Å². The SMILES string of the molecule is Cl.O[C@@H]1CC2CC[C@@H]1CN2. The number of nitrogens with one attached hydrogen (secondary N) is 1. The van der Waals surface area contributed by atoms with E-state index in [1.807, 2.05) is 0 Å². The van der Waals surface area contributed by atoms with Crippen molar-refractivity contribution >= 4 is 12.4 Å². The summed E-state index contributed by atoms with van der Waals surface area (Å²) in [5.41, 5.74) is 0. The third-order valence-electron chi connectivity index (χ3n) is 2.62. The molecule has 0 aromatic rings. The van der Waals surface area contributed by atoms with Crippen molar-refractivity contribution in [3.63, 3.8) is 0 Å². The van der Waals surface area contributed by atoms with Gasteiger partial charge in [0.25, 0.3) is 0 Å². The Hall–Kier alpha value is 0.210. The second-order valence-corrected chi connectivity index (χ2v) is 3.25. The molecule has 3 aliphatic rings. The fourth-order valence-corrected chi connectivity index (χ4v) is 1.95. The molecule has 1 aliphatic carbocycles. The van der Waals surface area contributed by atoms with Gasteiger partial charge in [0.15, 0.2) is 0 Å². The maximum Gasteiger partial charge on any atom is 0.0595 e. The van der Waals surface area contributed by atoms with Gasteiger partial charge in [0.05, 0.1) is 6.10 Å². The fraction of sp³-hybridized carbons (Fsp3) is 1.00. The molecule has 2 saturated heterocycles. The summed E-state index contributed by atoms with van der Waals surface area (Å²) in [6, 6.07) is 0.630. The Morgan fingerprint density at radius 2 is 2.10 bits per heavy atom. The van der Waals surface area contributed by atoms with Crippen LogP contribution in [-0.4, -0.2) is 23.8 Å². The largest absolute Gasteiger partial charge is 0.393 e. The van der Waals surface area contributed by atoms with Gasteiger partial charge >= 0.3 is 0 Å². The number of aliphatic hydroxyl groups is 1. The van der Waals surface area contributed by atoms with Gasteiger partial charge in [-0.3, -0.25) is 0 Å². The standard InChI is InChI=1S/C7H13NO.ClH/c9-7-3-6-2-1-5(7)4-8-6;/h5-9H,1-4H2;1H/t5-,6?,7-;/m1./s1. The Bertz CT molecular complexity index is 112. The van der Waals surface area contributed by atoms with E-state index in [1.54, 1.807) is 0 Å². The molecule has 2 N–H and O–H groups in total. The van der Waals surface area contributed by atoms with Crippen LogP contribution in [0.25, 0.3) is 0 Å². The molecule has 2 nitrogen and oxygen atoms in total. The van der Waals surface area contributed by atoms with Crippen molar-refractivity contribution in [3.8, 4) is 0 Å². The Kier molecular flexibility index (Phi) is 2.55. The van der Waals surface area contributed by atoms with Gasteiger partial charge in [-0.25, -0.2) is 0 Å². The lowest BCUT2D eigenvalue weighted by molar-refractivity contribution is 0.0228. The molecule has 0 amide bonds. The highest BCUT2D eigenvalue weighted by Gasteiger charge is 2.33. The van der Waals surface area contributed by atoms with E-state index in [9.17, 15) is 5.11 Å². The smallest absolute Gasteiger partial charge is 0.0595 e. The molecule has 3 heteroatoms. The normalized spacial score (nSPS) is 44.7. The van der Waals surface area contributed by atoms with Crippen LogP contribution in [0.2, 0.25) is 0 Å². The van der Waals surface area contributed by atoms with Crippen LogP contribution in [0.1, 0.15) is 19.3 Å². The number of rotatable bonds is 0. The molecular formula is C7H14ClNO. The molecule has 60 valence electrons. The maximum absolute atomic E-state index is 9.36. The summed E-state index contributed by atoms with van der Waals surface area (Å²) in [6.45, 7) is 1.05. The summed E-state index contributed by atoms with van der Waals surface area (Å²) in [4.78, 5) is 0. The van der Waals surface area contributed by atoms with E-state index >= 15 is 0 Å². The second-order valence-electron chi connectivity index (χ2n) is 3.25. The summed E-state index contributed by atoms with van der Waals surface area (Å²) in [6.07, 6.45) is 3.51. The Balaban J connectivity index is 0.000000500.